The van der Waals surface area contributed by atoms with E-state index in [1.54, 1.807) is 12.1 Å². The van der Waals surface area contributed by atoms with Crippen LogP contribution >= 0.6 is 0 Å². The molecule has 0 saturated heterocycles. The Morgan fingerprint density at radius 2 is 1.64 bits per heavy atom. The summed E-state index contributed by atoms with van der Waals surface area (Å²) in [5.74, 6) is 1.37. The number of aromatic carboxylic acids is 1. The van der Waals surface area contributed by atoms with Gasteiger partial charge in [0.05, 0.1) is 17.4 Å². The van der Waals surface area contributed by atoms with Crippen molar-refractivity contribution < 1.29 is 23.1 Å². The van der Waals surface area contributed by atoms with E-state index in [1.807, 2.05) is 12.1 Å². The molecule has 5 aliphatic rings. The topological polar surface area (TPSA) is 127 Å². The summed E-state index contributed by atoms with van der Waals surface area (Å²) in [6.07, 6.45) is 14.1. The van der Waals surface area contributed by atoms with Crippen LogP contribution in [0.25, 0.3) is 5.57 Å². The summed E-state index contributed by atoms with van der Waals surface area (Å²) in [4.78, 5) is 24.7. The highest BCUT2D eigenvalue weighted by atomic mass is 32.2. The molecule has 276 valence electrons. The van der Waals surface area contributed by atoms with Gasteiger partial charge in [-0.3, -0.25) is 4.79 Å². The largest absolute Gasteiger partial charge is 0.478 e. The van der Waals surface area contributed by atoms with Crippen LogP contribution in [0.5, 0.6) is 0 Å². The number of hydrogen-bond acceptors (Lipinski definition) is 5. The van der Waals surface area contributed by atoms with Crippen molar-refractivity contribution in [2.45, 2.75) is 112 Å². The second-order valence-electron chi connectivity index (χ2n) is 18.7. The molecule has 4 fully saturated rings. The van der Waals surface area contributed by atoms with Crippen molar-refractivity contribution in [1.82, 2.24) is 5.32 Å². The lowest BCUT2D eigenvalue weighted by molar-refractivity contribution is -0.225. The normalized spacial score (nSPS) is 39.5. The first-order valence-electron chi connectivity index (χ1n) is 19.1. The molecule has 6 rings (SSSR count). The van der Waals surface area contributed by atoms with Gasteiger partial charge < -0.3 is 16.2 Å². The Labute approximate surface area is 301 Å². The molecule has 0 radical (unpaired) electrons. The van der Waals surface area contributed by atoms with Crippen molar-refractivity contribution in [3.8, 4) is 0 Å². The molecule has 0 spiro atoms. The van der Waals surface area contributed by atoms with Crippen LogP contribution in [0.1, 0.15) is 122 Å². The number of rotatable bonds is 9. The molecule has 50 heavy (non-hydrogen) atoms. The van der Waals surface area contributed by atoms with E-state index in [2.05, 4.69) is 59.5 Å². The van der Waals surface area contributed by atoms with E-state index < -0.39 is 21.8 Å². The van der Waals surface area contributed by atoms with E-state index in [0.717, 1.165) is 37.7 Å². The zero-order valence-electron chi connectivity index (χ0n) is 31.6. The third-order valence-corrected chi connectivity index (χ3v) is 17.0. The SMILES string of the molecule is C=C(C)[C@@H]1CC[C@]2(CNC(=O)[C@H](N)CCS(C)(=O)=O)CC[C@]3(C)[C@H](CC[C@@H]4[C@@]5(C)CC=C(c6ccc(C(=O)O)cc6)C(C)(C)[C@@H]5CC[C@]43C)[C@@H]12. The standard InChI is InChI=1S/C42H62N2O5S/c1-26(2)29-15-21-42(25-44-36(45)32(43)18-24-50(8,48)49)23-22-40(6)31(35(29)42)13-14-34-39(5)19-16-30(27-9-11-28(12-10-27)37(46)47)38(3,4)33(39)17-20-41(34,40)7/h9-12,16,29,31-35H,1,13-15,17-25,43H2,2-8H3,(H,44,45)(H,46,47)/t29-,31+,32+,33-,34+,35+,39-,40+,41+,42+/m0/s1. The van der Waals surface area contributed by atoms with Gasteiger partial charge in [0, 0.05) is 12.8 Å². The second kappa shape index (κ2) is 12.6. The molecular weight excluding hydrogens is 645 g/mol. The molecule has 1 aromatic carbocycles. The lowest BCUT2D eigenvalue weighted by Gasteiger charge is -2.72. The fourth-order valence-electron chi connectivity index (χ4n) is 13.3. The first-order chi connectivity index (χ1) is 23.2. The lowest BCUT2D eigenvalue weighted by Crippen LogP contribution is -2.66. The van der Waals surface area contributed by atoms with Gasteiger partial charge in [-0.2, -0.15) is 0 Å². The minimum atomic E-state index is -3.19. The summed E-state index contributed by atoms with van der Waals surface area (Å²) in [7, 11) is -3.19. The van der Waals surface area contributed by atoms with Crippen molar-refractivity contribution in [2.75, 3.05) is 18.6 Å². The lowest BCUT2D eigenvalue weighted by atomic mass is 9.32. The molecule has 5 aliphatic carbocycles. The molecule has 1 amide bonds. The van der Waals surface area contributed by atoms with E-state index in [0.29, 0.717) is 41.7 Å². The second-order valence-corrected chi connectivity index (χ2v) is 21.0. The zero-order valence-corrected chi connectivity index (χ0v) is 32.4. The molecule has 4 N–H and O–H groups in total. The Balaban J connectivity index is 1.27. The molecule has 8 heteroatoms. The molecule has 7 nitrogen and oxygen atoms in total. The Kier molecular flexibility index (Phi) is 9.40. The van der Waals surface area contributed by atoms with Crippen LogP contribution in [0, 0.1) is 56.7 Å². The molecule has 0 aromatic heterocycles. The number of nitrogens with two attached hydrogens (primary N) is 1. The maximum absolute atomic E-state index is 13.2. The summed E-state index contributed by atoms with van der Waals surface area (Å²) < 4.78 is 23.4. The van der Waals surface area contributed by atoms with Gasteiger partial charge in [0.1, 0.15) is 9.84 Å². The van der Waals surface area contributed by atoms with Gasteiger partial charge in [-0.25, -0.2) is 13.2 Å². The van der Waals surface area contributed by atoms with Crippen molar-refractivity contribution >= 4 is 27.3 Å². The highest BCUT2D eigenvalue weighted by Crippen LogP contribution is 2.77. The Morgan fingerprint density at radius 1 is 0.960 bits per heavy atom. The van der Waals surface area contributed by atoms with Crippen LogP contribution in [0.15, 0.2) is 42.5 Å². The van der Waals surface area contributed by atoms with Crippen molar-refractivity contribution in [2.24, 2.45) is 62.4 Å². The number of amides is 1. The fraction of sp³-hybridized carbons (Fsp3) is 0.714. The highest BCUT2D eigenvalue weighted by molar-refractivity contribution is 7.90. The summed E-state index contributed by atoms with van der Waals surface area (Å²) in [5.41, 5.74) is 10.8. The smallest absolute Gasteiger partial charge is 0.335 e. The van der Waals surface area contributed by atoms with Crippen molar-refractivity contribution in [3.63, 3.8) is 0 Å². The van der Waals surface area contributed by atoms with Crippen LogP contribution in [-0.2, 0) is 14.6 Å². The van der Waals surface area contributed by atoms with E-state index in [4.69, 9.17) is 5.73 Å². The van der Waals surface area contributed by atoms with Crippen molar-refractivity contribution in [3.05, 3.63) is 53.6 Å². The van der Waals surface area contributed by atoms with Crippen LogP contribution in [-0.4, -0.2) is 50.0 Å². The molecule has 0 unspecified atom stereocenters. The molecule has 1 aromatic rings. The van der Waals surface area contributed by atoms with E-state index in [1.165, 1.54) is 43.1 Å². The Hall–Kier alpha value is -2.45. The number of carboxylic acid groups (broad SMARTS) is 1. The number of benzene rings is 1. The minimum Gasteiger partial charge on any atom is -0.478 e. The van der Waals surface area contributed by atoms with E-state index in [9.17, 15) is 23.1 Å². The predicted octanol–water partition coefficient (Wildman–Crippen LogP) is 7.91. The number of carbonyl (C=O) groups excluding carboxylic acids is 1. The first kappa shape index (κ1) is 37.3. The maximum Gasteiger partial charge on any atom is 0.335 e. The molecule has 0 aliphatic heterocycles. The number of nitrogens with one attached hydrogen (secondary N) is 1. The molecule has 0 heterocycles. The minimum absolute atomic E-state index is 0.00492. The number of fused-ring (bicyclic) bond motifs is 7. The summed E-state index contributed by atoms with van der Waals surface area (Å²) in [6.45, 7) is 20.0. The van der Waals surface area contributed by atoms with Gasteiger partial charge in [-0.1, -0.05) is 65.0 Å². The molecular formula is C42H62N2O5S. The first-order valence-corrected chi connectivity index (χ1v) is 21.2. The zero-order chi connectivity index (χ0) is 36.7. The predicted molar refractivity (Wildman–Crippen MR) is 201 cm³/mol. The van der Waals surface area contributed by atoms with Crippen LogP contribution in [0.4, 0.5) is 0 Å². The summed E-state index contributed by atoms with van der Waals surface area (Å²) >= 11 is 0. The quantitative estimate of drug-likeness (QED) is 0.224. The van der Waals surface area contributed by atoms with Gasteiger partial charge >= 0.3 is 5.97 Å². The van der Waals surface area contributed by atoms with Gasteiger partial charge in [0.15, 0.2) is 0 Å². The third kappa shape index (κ3) is 5.83. The van der Waals surface area contributed by atoms with Gasteiger partial charge in [0.25, 0.3) is 0 Å². The molecule has 10 atom stereocenters. The summed E-state index contributed by atoms with van der Waals surface area (Å²) in [5, 5.41) is 12.7. The number of carbonyl (C=O) groups is 2. The van der Waals surface area contributed by atoms with Gasteiger partial charge in [0.2, 0.25) is 5.91 Å². The average Bonchev–Trinajstić information content (AvgIpc) is 3.42. The van der Waals surface area contributed by atoms with Crippen molar-refractivity contribution in [1.29, 1.82) is 0 Å². The fourth-order valence-corrected chi connectivity index (χ4v) is 14.0. The monoisotopic (exact) mass is 706 g/mol. The molecule has 0 bridgehead atoms. The highest BCUT2D eigenvalue weighted by Gasteiger charge is 2.70. The molecule has 4 saturated carbocycles. The van der Waals surface area contributed by atoms with Gasteiger partial charge in [-0.05, 0) is 151 Å². The summed E-state index contributed by atoms with van der Waals surface area (Å²) in [6, 6.07) is 6.66. The Bertz CT molecular complexity index is 1680. The third-order valence-electron chi connectivity index (χ3n) is 16.0. The number of sulfone groups is 1. The van der Waals surface area contributed by atoms with Crippen LogP contribution < -0.4 is 11.1 Å². The van der Waals surface area contributed by atoms with E-state index in [-0.39, 0.29) is 45.2 Å². The number of hydrogen-bond donors (Lipinski definition) is 3. The van der Waals surface area contributed by atoms with E-state index >= 15 is 0 Å². The number of carboxylic acids is 1. The Morgan fingerprint density at radius 3 is 2.26 bits per heavy atom. The van der Waals surface area contributed by atoms with Crippen LogP contribution in [0.2, 0.25) is 0 Å². The van der Waals surface area contributed by atoms with Crippen LogP contribution in [0.3, 0.4) is 0 Å². The maximum atomic E-state index is 13.2. The number of allylic oxidation sites excluding steroid dienone is 3. The van der Waals surface area contributed by atoms with Gasteiger partial charge in [-0.15, -0.1) is 0 Å². The average molecular weight is 707 g/mol.